The van der Waals surface area contributed by atoms with Gasteiger partial charge in [-0.3, -0.25) is 14.8 Å². The number of amides is 3. The number of carbonyl (C=O) groups is 2. The molecule has 11 heteroatoms. The molecule has 0 unspecified atom stereocenters. The zero-order chi connectivity index (χ0) is 31.6. The van der Waals surface area contributed by atoms with E-state index in [9.17, 15) is 14.0 Å². The fourth-order valence-electron chi connectivity index (χ4n) is 4.59. The Hall–Kier alpha value is -5.19. The molecule has 0 spiro atoms. The molecular formula is C33H36FN7O3. The lowest BCUT2D eigenvalue weighted by molar-refractivity contribution is -0.129. The number of urea groups is 1. The molecule has 0 radical (unpaired) electrons. The summed E-state index contributed by atoms with van der Waals surface area (Å²) in [5.41, 5.74) is 3.68. The number of ether oxygens (including phenoxy) is 1. The van der Waals surface area contributed by atoms with Crippen LogP contribution in [0.15, 0.2) is 72.9 Å². The molecule has 2 aromatic heterocycles. The number of para-hydroxylation sites is 1. The van der Waals surface area contributed by atoms with Gasteiger partial charge in [-0.15, -0.1) is 0 Å². The van der Waals surface area contributed by atoms with E-state index in [2.05, 4.69) is 36.5 Å². The van der Waals surface area contributed by atoms with Crippen LogP contribution < -0.4 is 15.4 Å². The van der Waals surface area contributed by atoms with Crippen molar-refractivity contribution >= 4 is 28.7 Å². The standard InChI is InChI=1S/C33H36FN7O3/c1-21-9-7-8-10-26(21)41-30(17-29(38-41)33(2,3)4)37-32(43)35-18-23-15-24(34)11-14-28(23)44-25-12-13-27-22(16-25)19-36-40(27)20-31(42)39(5)6/h7-17,19H,18,20H2,1-6H3,(H2,35,37,43). The maximum atomic E-state index is 14.3. The zero-order valence-electron chi connectivity index (χ0n) is 25.7. The molecule has 3 amide bonds. The van der Waals surface area contributed by atoms with Crippen LogP contribution in [0, 0.1) is 12.7 Å². The van der Waals surface area contributed by atoms with Crippen LogP contribution in [0.5, 0.6) is 11.5 Å². The first-order chi connectivity index (χ1) is 20.9. The molecule has 5 aromatic rings. The summed E-state index contributed by atoms with van der Waals surface area (Å²) in [4.78, 5) is 26.8. The molecule has 0 fully saturated rings. The van der Waals surface area contributed by atoms with Gasteiger partial charge in [0.25, 0.3) is 0 Å². The van der Waals surface area contributed by atoms with Gasteiger partial charge in [-0.1, -0.05) is 39.0 Å². The Morgan fingerprint density at radius 3 is 2.52 bits per heavy atom. The Labute approximate surface area is 255 Å². The van der Waals surface area contributed by atoms with Crippen molar-refractivity contribution < 1.29 is 18.7 Å². The summed E-state index contributed by atoms with van der Waals surface area (Å²) in [5.74, 6) is 0.881. The predicted octanol–water partition coefficient (Wildman–Crippen LogP) is 6.17. The van der Waals surface area contributed by atoms with Gasteiger partial charge in [0, 0.05) is 43.1 Å². The van der Waals surface area contributed by atoms with Gasteiger partial charge < -0.3 is 15.0 Å². The minimum atomic E-state index is -0.475. The van der Waals surface area contributed by atoms with Crippen LogP contribution in [0.1, 0.15) is 37.6 Å². The number of nitrogens with one attached hydrogen (secondary N) is 2. The second-order valence-corrected chi connectivity index (χ2v) is 11.8. The van der Waals surface area contributed by atoms with Crippen LogP contribution in [-0.2, 0) is 23.3 Å². The van der Waals surface area contributed by atoms with E-state index >= 15 is 0 Å². The van der Waals surface area contributed by atoms with Crippen molar-refractivity contribution in [2.75, 3.05) is 19.4 Å². The highest BCUT2D eigenvalue weighted by molar-refractivity contribution is 5.89. The SMILES string of the molecule is Cc1ccccc1-n1nc(C(C)(C)C)cc1NC(=O)NCc1cc(F)ccc1Oc1ccc2c(cnn2CC(=O)N(C)C)c1. The number of hydrogen-bond acceptors (Lipinski definition) is 5. The van der Waals surface area contributed by atoms with Crippen molar-refractivity contribution in [3.05, 3.63) is 95.6 Å². The fraction of sp³-hybridized carbons (Fsp3) is 0.273. The Morgan fingerprint density at radius 2 is 1.80 bits per heavy atom. The van der Waals surface area contributed by atoms with Crippen molar-refractivity contribution in [1.82, 2.24) is 29.8 Å². The van der Waals surface area contributed by atoms with E-state index in [0.29, 0.717) is 22.9 Å². The van der Waals surface area contributed by atoms with Gasteiger partial charge in [0.15, 0.2) is 0 Å². The Kier molecular flexibility index (Phi) is 8.39. The van der Waals surface area contributed by atoms with E-state index in [0.717, 1.165) is 27.8 Å². The van der Waals surface area contributed by atoms with Gasteiger partial charge in [0.1, 0.15) is 29.7 Å². The number of aromatic nitrogens is 4. The number of halogens is 1. The van der Waals surface area contributed by atoms with E-state index in [1.54, 1.807) is 41.8 Å². The molecule has 0 saturated heterocycles. The van der Waals surface area contributed by atoms with Crippen molar-refractivity contribution in [2.24, 2.45) is 0 Å². The average molecular weight is 598 g/mol. The van der Waals surface area contributed by atoms with Gasteiger partial charge in [-0.05, 0) is 55.0 Å². The number of fused-ring (bicyclic) bond motifs is 1. The molecule has 3 aromatic carbocycles. The van der Waals surface area contributed by atoms with Crippen molar-refractivity contribution in [2.45, 2.75) is 46.2 Å². The second kappa shape index (κ2) is 12.2. The van der Waals surface area contributed by atoms with Gasteiger partial charge >= 0.3 is 6.03 Å². The Morgan fingerprint density at radius 1 is 1.02 bits per heavy atom. The molecule has 44 heavy (non-hydrogen) atoms. The van der Waals surface area contributed by atoms with E-state index < -0.39 is 11.8 Å². The Balaban J connectivity index is 1.32. The molecule has 0 atom stereocenters. The number of rotatable bonds is 8. The average Bonchev–Trinajstić information content (AvgIpc) is 3.57. The molecular weight excluding hydrogens is 561 g/mol. The summed E-state index contributed by atoms with van der Waals surface area (Å²) in [6.45, 7) is 8.29. The lowest BCUT2D eigenvalue weighted by atomic mass is 9.92. The molecule has 5 rings (SSSR count). The number of benzene rings is 3. The van der Waals surface area contributed by atoms with Crippen LogP contribution in [0.2, 0.25) is 0 Å². The van der Waals surface area contributed by atoms with Gasteiger partial charge in [-0.2, -0.15) is 10.2 Å². The monoisotopic (exact) mass is 597 g/mol. The summed E-state index contributed by atoms with van der Waals surface area (Å²) in [5, 5.41) is 15.6. The number of hydrogen-bond donors (Lipinski definition) is 2. The van der Waals surface area contributed by atoms with Crippen LogP contribution in [0.4, 0.5) is 15.0 Å². The number of likely N-dealkylation sites (N-methyl/N-ethyl adjacent to an activating group) is 1. The predicted molar refractivity (Wildman–Crippen MR) is 168 cm³/mol. The first kappa shape index (κ1) is 30.3. The first-order valence-electron chi connectivity index (χ1n) is 14.2. The summed E-state index contributed by atoms with van der Waals surface area (Å²) in [7, 11) is 3.39. The fourth-order valence-corrected chi connectivity index (χ4v) is 4.59. The molecule has 2 N–H and O–H groups in total. The normalized spacial score (nSPS) is 11.4. The largest absolute Gasteiger partial charge is 0.457 e. The number of aryl methyl sites for hydroxylation is 1. The number of anilines is 1. The maximum Gasteiger partial charge on any atom is 0.320 e. The molecule has 0 aliphatic heterocycles. The first-order valence-corrected chi connectivity index (χ1v) is 14.2. The summed E-state index contributed by atoms with van der Waals surface area (Å²) >= 11 is 0. The molecule has 0 bridgehead atoms. The molecule has 0 aliphatic carbocycles. The third kappa shape index (κ3) is 6.72. The third-order valence-corrected chi connectivity index (χ3v) is 7.15. The van der Waals surface area contributed by atoms with Crippen LogP contribution in [0.25, 0.3) is 16.6 Å². The maximum absolute atomic E-state index is 14.3. The van der Waals surface area contributed by atoms with Crippen LogP contribution in [0.3, 0.4) is 0 Å². The van der Waals surface area contributed by atoms with E-state index in [-0.39, 0.29) is 24.4 Å². The van der Waals surface area contributed by atoms with Gasteiger partial charge in [0.05, 0.1) is 23.1 Å². The molecule has 0 aliphatic rings. The second-order valence-electron chi connectivity index (χ2n) is 11.8. The minimum Gasteiger partial charge on any atom is -0.457 e. The van der Waals surface area contributed by atoms with Crippen molar-refractivity contribution in [1.29, 1.82) is 0 Å². The highest BCUT2D eigenvalue weighted by Gasteiger charge is 2.22. The van der Waals surface area contributed by atoms with Crippen LogP contribution in [-0.4, -0.2) is 50.5 Å². The van der Waals surface area contributed by atoms with Crippen molar-refractivity contribution in [3.8, 4) is 17.2 Å². The lowest BCUT2D eigenvalue weighted by Crippen LogP contribution is -2.29. The molecule has 0 saturated carbocycles. The molecule has 2 heterocycles. The van der Waals surface area contributed by atoms with E-state index in [1.165, 1.54) is 23.1 Å². The summed E-state index contributed by atoms with van der Waals surface area (Å²) < 4.78 is 23.8. The molecule has 10 nitrogen and oxygen atoms in total. The highest BCUT2D eigenvalue weighted by Crippen LogP contribution is 2.30. The van der Waals surface area contributed by atoms with E-state index in [4.69, 9.17) is 9.84 Å². The summed E-state index contributed by atoms with van der Waals surface area (Å²) in [6.07, 6.45) is 1.66. The topological polar surface area (TPSA) is 106 Å². The Bertz CT molecular complexity index is 1830. The summed E-state index contributed by atoms with van der Waals surface area (Å²) in [6, 6.07) is 18.7. The number of nitrogens with zero attached hydrogens (tertiary/aromatic N) is 5. The minimum absolute atomic E-state index is 0.0103. The van der Waals surface area contributed by atoms with Gasteiger partial charge in [0.2, 0.25) is 5.91 Å². The van der Waals surface area contributed by atoms with Crippen LogP contribution >= 0.6 is 0 Å². The van der Waals surface area contributed by atoms with Crippen molar-refractivity contribution in [3.63, 3.8) is 0 Å². The third-order valence-electron chi connectivity index (χ3n) is 7.15. The quantitative estimate of drug-likeness (QED) is 0.223. The lowest BCUT2D eigenvalue weighted by Gasteiger charge is -2.14. The number of carbonyl (C=O) groups excluding carboxylic acids is 2. The van der Waals surface area contributed by atoms with E-state index in [1.807, 2.05) is 43.3 Å². The smallest absolute Gasteiger partial charge is 0.320 e. The highest BCUT2D eigenvalue weighted by atomic mass is 19.1. The molecule has 228 valence electrons. The van der Waals surface area contributed by atoms with Gasteiger partial charge in [-0.25, -0.2) is 13.9 Å². The zero-order valence-corrected chi connectivity index (χ0v) is 25.7.